The highest BCUT2D eigenvalue weighted by atomic mass is 16.6. The maximum Gasteiger partial charge on any atom is 0.410 e. The molecule has 0 unspecified atom stereocenters. The summed E-state index contributed by atoms with van der Waals surface area (Å²) >= 11 is 0. The molecule has 0 aliphatic carbocycles. The Bertz CT molecular complexity index is 302. The third kappa shape index (κ3) is 4.47. The molecule has 0 aromatic heterocycles. The van der Waals surface area contributed by atoms with Gasteiger partial charge in [-0.25, -0.2) is 4.79 Å². The molecular formula is C12H19NO3. The van der Waals surface area contributed by atoms with Crippen molar-refractivity contribution in [3.63, 3.8) is 0 Å². The van der Waals surface area contributed by atoms with Gasteiger partial charge in [0.25, 0.3) is 0 Å². The lowest BCUT2D eigenvalue weighted by molar-refractivity contribution is -0.114. The van der Waals surface area contributed by atoms with Crippen LogP contribution in [-0.2, 0) is 9.53 Å². The average molecular weight is 225 g/mol. The first kappa shape index (κ1) is 12.7. The number of carbonyl (C=O) groups is 2. The van der Waals surface area contributed by atoms with Crippen molar-refractivity contribution in [1.29, 1.82) is 0 Å². The minimum atomic E-state index is -0.473. The van der Waals surface area contributed by atoms with E-state index in [0.717, 1.165) is 0 Å². The highest BCUT2D eigenvalue weighted by Gasteiger charge is 2.21. The van der Waals surface area contributed by atoms with Gasteiger partial charge in [0.05, 0.1) is 0 Å². The van der Waals surface area contributed by atoms with Gasteiger partial charge < -0.3 is 9.64 Å². The summed E-state index contributed by atoms with van der Waals surface area (Å²) in [6.45, 7) is 6.54. The van der Waals surface area contributed by atoms with Crippen molar-refractivity contribution in [2.24, 2.45) is 0 Å². The topological polar surface area (TPSA) is 46.6 Å². The van der Waals surface area contributed by atoms with E-state index in [-0.39, 0.29) is 11.9 Å². The summed E-state index contributed by atoms with van der Waals surface area (Å²) in [6, 6.07) is 0. The minimum Gasteiger partial charge on any atom is -0.444 e. The van der Waals surface area contributed by atoms with Crippen molar-refractivity contribution in [2.75, 3.05) is 13.1 Å². The first-order chi connectivity index (χ1) is 7.38. The lowest BCUT2D eigenvalue weighted by Crippen LogP contribution is -2.38. The lowest BCUT2D eigenvalue weighted by atomic mass is 10.1. The quantitative estimate of drug-likeness (QED) is 0.634. The maximum atomic E-state index is 11.7. The predicted octanol–water partition coefficient (Wildman–Crippen LogP) is 2.14. The van der Waals surface area contributed by atoms with Gasteiger partial charge in [-0.3, -0.25) is 4.79 Å². The third-order valence-electron chi connectivity index (χ3n) is 2.13. The van der Waals surface area contributed by atoms with Crippen molar-refractivity contribution in [3.05, 3.63) is 12.2 Å². The van der Waals surface area contributed by atoms with E-state index in [1.165, 1.54) is 6.08 Å². The summed E-state index contributed by atoms with van der Waals surface area (Å²) in [5, 5.41) is 0. The first-order valence-corrected chi connectivity index (χ1v) is 5.56. The Morgan fingerprint density at radius 2 is 2.12 bits per heavy atom. The number of allylic oxidation sites excluding steroid dienone is 1. The number of ketones is 1. The number of nitrogens with zero attached hydrogens (tertiary/aromatic N) is 1. The number of amides is 1. The van der Waals surface area contributed by atoms with Gasteiger partial charge in [0, 0.05) is 19.5 Å². The number of hydrogen-bond donors (Lipinski definition) is 0. The van der Waals surface area contributed by atoms with E-state index in [0.29, 0.717) is 25.9 Å². The van der Waals surface area contributed by atoms with Crippen LogP contribution < -0.4 is 0 Å². The Hall–Kier alpha value is -1.32. The van der Waals surface area contributed by atoms with Crippen LogP contribution in [0.5, 0.6) is 0 Å². The van der Waals surface area contributed by atoms with Gasteiger partial charge in [0.15, 0.2) is 5.78 Å². The zero-order valence-electron chi connectivity index (χ0n) is 10.2. The van der Waals surface area contributed by atoms with Gasteiger partial charge >= 0.3 is 6.09 Å². The fraction of sp³-hybridized carbons (Fsp3) is 0.667. The molecule has 1 heterocycles. The zero-order valence-corrected chi connectivity index (χ0v) is 10.2. The van der Waals surface area contributed by atoms with E-state index in [4.69, 9.17) is 4.74 Å². The van der Waals surface area contributed by atoms with Gasteiger partial charge in [-0.05, 0) is 33.3 Å². The van der Waals surface area contributed by atoms with Gasteiger partial charge in [-0.1, -0.05) is 6.08 Å². The number of rotatable bonds is 0. The second-order valence-electron chi connectivity index (χ2n) is 4.90. The Morgan fingerprint density at radius 3 is 2.75 bits per heavy atom. The molecule has 0 radical (unpaired) electrons. The van der Waals surface area contributed by atoms with Crippen molar-refractivity contribution < 1.29 is 14.3 Å². The van der Waals surface area contributed by atoms with Crippen molar-refractivity contribution >= 4 is 11.9 Å². The molecule has 4 heteroatoms. The minimum absolute atomic E-state index is 0.129. The molecule has 0 fully saturated rings. The second kappa shape index (κ2) is 5.14. The summed E-state index contributed by atoms with van der Waals surface area (Å²) < 4.78 is 5.27. The predicted molar refractivity (Wildman–Crippen MR) is 61.2 cm³/mol. The first-order valence-electron chi connectivity index (χ1n) is 5.56. The molecule has 0 aromatic rings. The van der Waals surface area contributed by atoms with Crippen LogP contribution in [0.25, 0.3) is 0 Å². The molecule has 0 spiro atoms. The summed E-state index contributed by atoms with van der Waals surface area (Å²) in [7, 11) is 0. The highest BCUT2D eigenvalue weighted by Crippen LogP contribution is 2.11. The van der Waals surface area contributed by atoms with Crippen LogP contribution in [0.1, 0.15) is 33.6 Å². The average Bonchev–Trinajstić information content (AvgIpc) is 2.07. The second-order valence-corrected chi connectivity index (χ2v) is 4.90. The monoisotopic (exact) mass is 225 g/mol. The van der Waals surface area contributed by atoms with Crippen LogP contribution in [0.3, 0.4) is 0 Å². The molecular weight excluding hydrogens is 206 g/mol. The summed E-state index contributed by atoms with van der Waals surface area (Å²) in [5.74, 6) is 0.129. The van der Waals surface area contributed by atoms with Crippen molar-refractivity contribution in [2.45, 2.75) is 39.2 Å². The molecule has 0 saturated heterocycles. The van der Waals surface area contributed by atoms with Crippen LogP contribution in [-0.4, -0.2) is 35.5 Å². The van der Waals surface area contributed by atoms with E-state index in [1.807, 2.05) is 20.8 Å². The van der Waals surface area contributed by atoms with E-state index in [1.54, 1.807) is 11.0 Å². The molecule has 0 saturated carbocycles. The van der Waals surface area contributed by atoms with E-state index in [2.05, 4.69) is 0 Å². The zero-order chi connectivity index (χ0) is 12.2. The maximum absolute atomic E-state index is 11.7. The summed E-state index contributed by atoms with van der Waals surface area (Å²) in [5.41, 5.74) is -0.473. The van der Waals surface area contributed by atoms with E-state index < -0.39 is 5.60 Å². The molecule has 0 aromatic carbocycles. The van der Waals surface area contributed by atoms with Crippen molar-refractivity contribution in [3.8, 4) is 0 Å². The molecule has 4 nitrogen and oxygen atoms in total. The van der Waals surface area contributed by atoms with Crippen molar-refractivity contribution in [1.82, 2.24) is 4.90 Å². The molecule has 0 bridgehead atoms. The third-order valence-corrected chi connectivity index (χ3v) is 2.13. The number of ether oxygens (including phenoxy) is 1. The fourth-order valence-corrected chi connectivity index (χ4v) is 1.42. The molecule has 1 aliphatic rings. The smallest absolute Gasteiger partial charge is 0.410 e. The van der Waals surface area contributed by atoms with Crippen LogP contribution >= 0.6 is 0 Å². The Balaban J connectivity index is 2.56. The van der Waals surface area contributed by atoms with Crippen LogP contribution in [0.4, 0.5) is 4.79 Å². The lowest BCUT2D eigenvalue weighted by Gasteiger charge is -2.27. The molecule has 16 heavy (non-hydrogen) atoms. The van der Waals surface area contributed by atoms with E-state index >= 15 is 0 Å². The van der Waals surface area contributed by atoms with Gasteiger partial charge in [0.2, 0.25) is 0 Å². The summed E-state index contributed by atoms with van der Waals surface area (Å²) in [4.78, 5) is 24.5. The Labute approximate surface area is 96.3 Å². The Kier molecular flexibility index (Phi) is 4.10. The fourth-order valence-electron chi connectivity index (χ4n) is 1.42. The van der Waals surface area contributed by atoms with Crippen LogP contribution in [0.15, 0.2) is 12.2 Å². The molecule has 0 atom stereocenters. The van der Waals surface area contributed by atoms with Crippen LogP contribution in [0.2, 0.25) is 0 Å². The number of hydrogen-bond acceptors (Lipinski definition) is 3. The van der Waals surface area contributed by atoms with E-state index in [9.17, 15) is 9.59 Å². The summed E-state index contributed by atoms with van der Waals surface area (Å²) in [6.07, 6.45) is 4.13. The molecule has 1 amide bonds. The van der Waals surface area contributed by atoms with Crippen LogP contribution in [0, 0.1) is 0 Å². The molecule has 90 valence electrons. The van der Waals surface area contributed by atoms with Gasteiger partial charge in [0.1, 0.15) is 5.60 Å². The SMILES string of the molecule is CC(C)(C)OC(=O)N1C/C=C\C(=O)CCC1. The highest BCUT2D eigenvalue weighted by molar-refractivity contribution is 5.89. The molecule has 1 rings (SSSR count). The number of carbonyl (C=O) groups excluding carboxylic acids is 2. The molecule has 0 N–H and O–H groups in total. The Morgan fingerprint density at radius 1 is 1.44 bits per heavy atom. The normalized spacial score (nSPS) is 19.9. The molecule has 1 aliphatic heterocycles. The van der Waals surface area contributed by atoms with Gasteiger partial charge in [-0.15, -0.1) is 0 Å². The van der Waals surface area contributed by atoms with Gasteiger partial charge in [-0.2, -0.15) is 0 Å². The largest absolute Gasteiger partial charge is 0.444 e. The standard InChI is InChI=1S/C12H19NO3/c1-12(2,3)16-11(15)13-8-4-6-10(14)7-5-9-13/h4,6H,5,7-9H2,1-3H3/b6-4-.